The van der Waals surface area contributed by atoms with Gasteiger partial charge in [-0.2, -0.15) is 9.57 Å². The van der Waals surface area contributed by atoms with Gasteiger partial charge in [-0.15, -0.1) is 0 Å². The fourth-order valence-electron chi connectivity index (χ4n) is 10.7. The van der Waals surface area contributed by atoms with Gasteiger partial charge in [0.1, 0.15) is 16.7 Å². The van der Waals surface area contributed by atoms with Crippen molar-refractivity contribution in [3.05, 3.63) is 148 Å². The van der Waals surface area contributed by atoms with Gasteiger partial charge in [0.05, 0.1) is 31.3 Å². The first-order valence-corrected chi connectivity index (χ1v) is 26.7. The van der Waals surface area contributed by atoms with E-state index in [1.165, 1.54) is 56.6 Å². The first-order chi connectivity index (χ1) is 31.8. The molecule has 0 aromatic heterocycles. The van der Waals surface area contributed by atoms with E-state index in [0.717, 1.165) is 84.2 Å². The number of nitrogens with zero attached hydrogens (tertiary/aromatic N) is 3. The molecule has 0 bridgehead atoms. The average molecular weight is 999 g/mol. The van der Waals surface area contributed by atoms with Crippen LogP contribution in [-0.4, -0.2) is 60.2 Å². The molecule has 2 aliphatic heterocycles. The summed E-state index contributed by atoms with van der Waals surface area (Å²) in [7, 11) is -9.05. The first-order valence-electron chi connectivity index (χ1n) is 23.3. The van der Waals surface area contributed by atoms with E-state index >= 15 is 0 Å². The Morgan fingerprint density at radius 2 is 1.48 bits per heavy atom. The number of benzene rings is 5. The summed E-state index contributed by atoms with van der Waals surface area (Å²) < 4.78 is 73.4. The van der Waals surface area contributed by atoms with Gasteiger partial charge in [0, 0.05) is 53.2 Å². The molecular weight excluding hydrogens is 941 g/mol. The van der Waals surface area contributed by atoms with Crippen molar-refractivity contribution in [1.29, 1.82) is 0 Å². The van der Waals surface area contributed by atoms with Gasteiger partial charge >= 0.3 is 59.1 Å². The number of isothiocyanates is 1. The Hall–Kier alpha value is -3.33. The van der Waals surface area contributed by atoms with Crippen LogP contribution in [0, 0.1) is 6.92 Å². The van der Waals surface area contributed by atoms with Gasteiger partial charge in [-0.1, -0.05) is 87.4 Å². The number of rotatable bonds is 15. The molecule has 0 fully saturated rings. The molecule has 5 aromatic rings. The van der Waals surface area contributed by atoms with Crippen molar-refractivity contribution in [2.24, 2.45) is 4.99 Å². The third-order valence-corrected chi connectivity index (χ3v) is 15.6. The van der Waals surface area contributed by atoms with Crippen LogP contribution in [0.1, 0.15) is 108 Å². The summed E-state index contributed by atoms with van der Waals surface area (Å²) in [5.74, 6) is -0.446. The van der Waals surface area contributed by atoms with Crippen molar-refractivity contribution in [3.8, 4) is 0 Å². The molecule has 14 heteroatoms. The van der Waals surface area contributed by atoms with Crippen LogP contribution in [-0.2, 0) is 31.1 Å². The summed E-state index contributed by atoms with van der Waals surface area (Å²) in [6.45, 7) is 14.8. The van der Waals surface area contributed by atoms with Crippen molar-refractivity contribution in [2.75, 3.05) is 23.7 Å². The maximum absolute atomic E-state index is 12.0. The molecule has 0 amide bonds. The molecule has 0 saturated heterocycles. The molecule has 69 heavy (non-hydrogen) atoms. The summed E-state index contributed by atoms with van der Waals surface area (Å²) in [4.78, 5) is 6.14. The van der Waals surface area contributed by atoms with Gasteiger partial charge in [0.25, 0.3) is 0 Å². The van der Waals surface area contributed by atoms with E-state index in [4.69, 9.17) is 12.2 Å². The number of aryl methyl sites for hydroxylation is 1. The van der Waals surface area contributed by atoms with Crippen molar-refractivity contribution in [3.63, 3.8) is 0 Å². The first kappa shape index (κ1) is 55.0. The summed E-state index contributed by atoms with van der Waals surface area (Å²) in [5.41, 5.74) is 12.5. The molecule has 0 atom stereocenters. The summed E-state index contributed by atoms with van der Waals surface area (Å²) in [5, 5.41) is 6.50. The summed E-state index contributed by atoms with van der Waals surface area (Å²) >= 11 is 4.93. The third kappa shape index (κ3) is 11.5. The molecule has 9 nitrogen and oxygen atoms in total. The molecule has 0 radical (unpaired) electrons. The summed E-state index contributed by atoms with van der Waals surface area (Å²) in [6.07, 6.45) is 15.8. The number of fused-ring (bicyclic) bond motifs is 6. The van der Waals surface area contributed by atoms with Gasteiger partial charge in [0.15, 0.2) is 5.71 Å². The minimum atomic E-state index is -4.67. The molecule has 0 N–H and O–H groups in total. The molecule has 348 valence electrons. The number of thiocarbonyl (C=S) groups is 1. The van der Waals surface area contributed by atoms with Crippen molar-refractivity contribution < 1.29 is 89.6 Å². The van der Waals surface area contributed by atoms with Crippen LogP contribution in [0.25, 0.3) is 27.1 Å². The van der Waals surface area contributed by atoms with Gasteiger partial charge in [0.2, 0.25) is 5.69 Å². The Kier molecular flexibility index (Phi) is 17.7. The SMILES string of the molecule is CCCCC[N+]1=C(/C=C/C2=C(c3ccc(N=C=S)cc3)C(=C/C=C3/N(CCCCS(=O)(=O)[O-])c4ccc5cc(S(=O)(=O)[O-])ccc5c4C3(C)C)/CCC2)C(C)(C)c2c1ccc1cc(C)ccc21.[Na+].[Na+]. The normalized spacial score (nSPS) is 17.7. The molecule has 2 heterocycles. The van der Waals surface area contributed by atoms with E-state index in [-0.39, 0.29) is 75.8 Å². The van der Waals surface area contributed by atoms with Crippen LogP contribution >= 0.6 is 12.2 Å². The van der Waals surface area contributed by atoms with E-state index in [1.54, 1.807) is 6.07 Å². The quantitative estimate of drug-likeness (QED) is 0.0285. The molecule has 0 saturated carbocycles. The van der Waals surface area contributed by atoms with Crippen LogP contribution < -0.4 is 64.0 Å². The van der Waals surface area contributed by atoms with Crippen LogP contribution in [0.15, 0.2) is 136 Å². The maximum atomic E-state index is 12.0. The minimum absolute atomic E-state index is 0. The molecule has 1 aliphatic carbocycles. The van der Waals surface area contributed by atoms with Crippen LogP contribution in [0.3, 0.4) is 0 Å². The third-order valence-electron chi connectivity index (χ3n) is 13.9. The Morgan fingerprint density at radius 1 is 0.783 bits per heavy atom. The van der Waals surface area contributed by atoms with Gasteiger partial charge in [-0.3, -0.25) is 0 Å². The zero-order chi connectivity index (χ0) is 47.9. The van der Waals surface area contributed by atoms with Crippen molar-refractivity contribution >= 4 is 87.5 Å². The van der Waals surface area contributed by atoms with E-state index in [0.29, 0.717) is 18.4 Å². The molecule has 3 aliphatic rings. The molecular formula is C55H58N3Na2O6S3+. The number of unbranched alkanes of at least 4 members (excludes halogenated alkanes) is 3. The van der Waals surface area contributed by atoms with Crippen LogP contribution in [0.4, 0.5) is 17.1 Å². The van der Waals surface area contributed by atoms with Crippen LogP contribution in [0.5, 0.6) is 0 Å². The Labute approximate surface area is 458 Å². The second-order valence-electron chi connectivity index (χ2n) is 19.2. The maximum Gasteiger partial charge on any atom is 1.00 e. The predicted octanol–water partition coefficient (Wildman–Crippen LogP) is 6.64. The monoisotopic (exact) mass is 998 g/mol. The fourth-order valence-corrected chi connectivity index (χ4v) is 11.9. The van der Waals surface area contributed by atoms with E-state index in [9.17, 15) is 25.9 Å². The number of hydrogen-bond donors (Lipinski definition) is 0. The molecule has 8 rings (SSSR count). The van der Waals surface area contributed by atoms with E-state index in [2.05, 4.69) is 128 Å². The predicted molar refractivity (Wildman–Crippen MR) is 274 cm³/mol. The number of allylic oxidation sites excluding steroid dienone is 8. The topological polar surface area (TPSA) is 133 Å². The summed E-state index contributed by atoms with van der Waals surface area (Å²) in [6, 6.07) is 27.8. The van der Waals surface area contributed by atoms with Crippen molar-refractivity contribution in [2.45, 2.75) is 109 Å². The van der Waals surface area contributed by atoms with E-state index < -0.39 is 31.4 Å². The Bertz CT molecular complexity index is 3260. The van der Waals surface area contributed by atoms with Gasteiger partial charge in [-0.05, 0) is 163 Å². The number of anilines is 1. The molecule has 5 aromatic carbocycles. The largest absolute Gasteiger partial charge is 1.00 e. The zero-order valence-electron chi connectivity index (χ0n) is 41.2. The van der Waals surface area contributed by atoms with Gasteiger partial charge < -0.3 is 14.0 Å². The Morgan fingerprint density at radius 3 is 2.17 bits per heavy atom. The number of aliphatic imine (C=N–C) groups is 1. The van der Waals surface area contributed by atoms with Crippen LogP contribution in [0.2, 0.25) is 0 Å². The second-order valence-corrected chi connectivity index (χ2v) is 22.3. The second kappa shape index (κ2) is 22.2. The number of hydrogen-bond acceptors (Lipinski definition) is 9. The average Bonchev–Trinajstić information content (AvgIpc) is 3.63. The Balaban J connectivity index is 0.00000391. The minimum Gasteiger partial charge on any atom is -0.748 e. The standard InChI is InChI=1S/C55H59N3O6S3.2Na/c1-7-8-9-31-57-47-27-18-41-34-37(2)15-25-45(41)52(47)54(3,4)49(57)29-20-38-13-12-14-39(51(38)40-16-22-43(23-17-40)56-36-65)21-30-50-55(5,6)53-46-26-24-44(67(62,63)64)35-42(46)19-28-48(53)58(50)32-10-11-33-66(59,60)61;;/h15-30,34-35H,7-14,31-33H2,1-6H3,(H-,59,60,61,62,63,64);;/q;2*+1/p-1. The fraction of sp³-hybridized carbons (Fsp3) is 0.345. The zero-order valence-corrected chi connectivity index (χ0v) is 47.6. The van der Waals surface area contributed by atoms with Gasteiger partial charge in [-0.25, -0.2) is 16.8 Å². The smallest absolute Gasteiger partial charge is 0.748 e. The molecule has 0 unspecified atom stereocenters. The van der Waals surface area contributed by atoms with E-state index in [1.807, 2.05) is 24.3 Å². The van der Waals surface area contributed by atoms with Crippen molar-refractivity contribution in [1.82, 2.24) is 0 Å². The molecule has 0 spiro atoms.